The van der Waals surface area contributed by atoms with Crippen LogP contribution < -0.4 is 10.5 Å². The van der Waals surface area contributed by atoms with E-state index in [2.05, 4.69) is 9.97 Å². The number of nitrogens with zero attached hydrogens (tertiary/aromatic N) is 1. The second kappa shape index (κ2) is 4.86. The Morgan fingerprint density at radius 2 is 2.10 bits per heavy atom. The molecular formula is C14H10ClN3O2. The normalized spacial score (nSPS) is 10.7. The molecule has 0 saturated carbocycles. The Labute approximate surface area is 119 Å². The first-order valence-corrected chi connectivity index (χ1v) is 6.22. The van der Waals surface area contributed by atoms with Crippen LogP contribution in [0, 0.1) is 0 Å². The number of nitrogens with two attached hydrogens (primary N) is 1. The van der Waals surface area contributed by atoms with E-state index in [1.54, 1.807) is 30.6 Å². The molecule has 6 heteroatoms. The predicted molar refractivity (Wildman–Crippen MR) is 76.1 cm³/mol. The van der Waals surface area contributed by atoms with Crippen molar-refractivity contribution >= 4 is 28.5 Å². The molecule has 100 valence electrons. The third-order valence-electron chi connectivity index (χ3n) is 2.86. The molecule has 1 aromatic carbocycles. The lowest BCUT2D eigenvalue weighted by Gasteiger charge is -2.09. The van der Waals surface area contributed by atoms with Crippen LogP contribution in [0.3, 0.4) is 0 Å². The number of ether oxygens (including phenoxy) is 1. The Kier molecular flexibility index (Phi) is 3.04. The number of nitrogens with one attached hydrogen (secondary N) is 1. The lowest BCUT2D eigenvalue weighted by molar-refractivity contribution is 0.100. The molecule has 0 fully saturated rings. The number of amides is 1. The van der Waals surface area contributed by atoms with Crippen LogP contribution in [0.2, 0.25) is 5.02 Å². The molecule has 5 nitrogen and oxygen atoms in total. The average Bonchev–Trinajstić information content (AvgIpc) is 2.90. The maximum atomic E-state index is 11.1. The van der Waals surface area contributed by atoms with Gasteiger partial charge in [0.05, 0.1) is 10.4 Å². The molecule has 0 radical (unpaired) electrons. The Morgan fingerprint density at radius 3 is 2.85 bits per heavy atom. The van der Waals surface area contributed by atoms with Gasteiger partial charge in [0.1, 0.15) is 17.1 Å². The Balaban J connectivity index is 1.99. The fraction of sp³-hybridized carbons (Fsp3) is 0. The minimum atomic E-state index is -0.532. The van der Waals surface area contributed by atoms with Crippen LogP contribution in [0.5, 0.6) is 11.5 Å². The van der Waals surface area contributed by atoms with Crippen LogP contribution in [0.15, 0.2) is 42.7 Å². The first-order valence-electron chi connectivity index (χ1n) is 5.84. The number of halogens is 1. The number of hydrogen-bond acceptors (Lipinski definition) is 3. The Morgan fingerprint density at radius 1 is 1.25 bits per heavy atom. The highest BCUT2D eigenvalue weighted by molar-refractivity contribution is 6.32. The van der Waals surface area contributed by atoms with Crippen molar-refractivity contribution in [2.75, 3.05) is 0 Å². The van der Waals surface area contributed by atoms with Crippen molar-refractivity contribution in [3.63, 3.8) is 0 Å². The van der Waals surface area contributed by atoms with Crippen LogP contribution in [-0.4, -0.2) is 15.9 Å². The molecule has 0 aliphatic carbocycles. The molecule has 0 atom stereocenters. The number of aromatic nitrogens is 2. The van der Waals surface area contributed by atoms with Gasteiger partial charge in [0.25, 0.3) is 0 Å². The van der Waals surface area contributed by atoms with Gasteiger partial charge in [-0.25, -0.2) is 4.98 Å². The van der Waals surface area contributed by atoms with Gasteiger partial charge in [-0.15, -0.1) is 0 Å². The molecule has 2 heterocycles. The standard InChI is InChI=1S/C14H10ClN3O2/c15-10-7-8(13(16)19)1-2-12(10)20-11-4-6-18-14-9(11)3-5-17-14/h1-7H,(H2,16,19)(H,17,18). The highest BCUT2D eigenvalue weighted by Gasteiger charge is 2.10. The molecule has 1 amide bonds. The van der Waals surface area contributed by atoms with Gasteiger partial charge in [0, 0.05) is 18.0 Å². The minimum absolute atomic E-state index is 0.321. The quantitative estimate of drug-likeness (QED) is 0.776. The summed E-state index contributed by atoms with van der Waals surface area (Å²) in [4.78, 5) is 18.2. The van der Waals surface area contributed by atoms with Gasteiger partial charge in [0.15, 0.2) is 0 Å². The zero-order valence-electron chi connectivity index (χ0n) is 10.3. The second-order valence-corrected chi connectivity index (χ2v) is 4.57. The Bertz CT molecular complexity index is 798. The number of pyridine rings is 1. The van der Waals surface area contributed by atoms with Crippen molar-refractivity contribution in [1.82, 2.24) is 9.97 Å². The summed E-state index contributed by atoms with van der Waals surface area (Å²) in [6, 6.07) is 8.27. The van der Waals surface area contributed by atoms with Crippen LogP contribution in [-0.2, 0) is 0 Å². The summed E-state index contributed by atoms with van der Waals surface area (Å²) in [7, 11) is 0. The summed E-state index contributed by atoms with van der Waals surface area (Å²) in [5, 5.41) is 1.17. The predicted octanol–water partition coefficient (Wildman–Crippen LogP) is 3.11. The van der Waals surface area contributed by atoms with E-state index in [4.69, 9.17) is 22.1 Å². The molecule has 20 heavy (non-hydrogen) atoms. The van der Waals surface area contributed by atoms with Gasteiger partial charge in [-0.2, -0.15) is 0 Å². The summed E-state index contributed by atoms with van der Waals surface area (Å²) < 4.78 is 5.77. The molecule has 3 rings (SSSR count). The lowest BCUT2D eigenvalue weighted by Crippen LogP contribution is -2.10. The molecule has 0 aliphatic heterocycles. The molecule has 0 unspecified atom stereocenters. The number of hydrogen-bond donors (Lipinski definition) is 2. The van der Waals surface area contributed by atoms with E-state index in [1.165, 1.54) is 6.07 Å². The van der Waals surface area contributed by atoms with E-state index in [9.17, 15) is 4.79 Å². The number of primary amides is 1. The highest BCUT2D eigenvalue weighted by atomic mass is 35.5. The first-order chi connectivity index (χ1) is 9.65. The fourth-order valence-electron chi connectivity index (χ4n) is 1.88. The summed E-state index contributed by atoms with van der Waals surface area (Å²) in [5.74, 6) is 0.547. The van der Waals surface area contributed by atoms with E-state index in [1.807, 2.05) is 6.07 Å². The molecule has 0 spiro atoms. The molecular weight excluding hydrogens is 278 g/mol. The van der Waals surface area contributed by atoms with Crippen LogP contribution in [0.25, 0.3) is 11.0 Å². The first kappa shape index (κ1) is 12.5. The fourth-order valence-corrected chi connectivity index (χ4v) is 2.10. The summed E-state index contributed by atoms with van der Waals surface area (Å²) >= 11 is 6.09. The number of benzene rings is 1. The van der Waals surface area contributed by atoms with Gasteiger partial charge in [0.2, 0.25) is 5.91 Å². The number of aromatic amines is 1. The molecule has 3 N–H and O–H groups in total. The summed E-state index contributed by atoms with van der Waals surface area (Å²) in [6.07, 6.45) is 3.42. The maximum absolute atomic E-state index is 11.1. The summed E-state index contributed by atoms with van der Waals surface area (Å²) in [5.41, 5.74) is 6.26. The minimum Gasteiger partial charge on any atom is -0.455 e. The SMILES string of the molecule is NC(=O)c1ccc(Oc2ccnc3[nH]ccc23)c(Cl)c1. The number of carbonyl (C=O) groups excluding carboxylic acids is 1. The molecule has 0 bridgehead atoms. The van der Waals surface area contributed by atoms with E-state index < -0.39 is 5.91 Å². The third kappa shape index (κ3) is 2.19. The van der Waals surface area contributed by atoms with Gasteiger partial charge in [-0.05, 0) is 30.3 Å². The largest absolute Gasteiger partial charge is 0.455 e. The number of carbonyl (C=O) groups is 1. The van der Waals surface area contributed by atoms with E-state index >= 15 is 0 Å². The molecule has 2 aromatic heterocycles. The number of fused-ring (bicyclic) bond motifs is 1. The van der Waals surface area contributed by atoms with E-state index in [0.717, 1.165) is 11.0 Å². The topological polar surface area (TPSA) is 81.0 Å². The lowest BCUT2D eigenvalue weighted by atomic mass is 10.2. The van der Waals surface area contributed by atoms with Gasteiger partial charge in [-0.3, -0.25) is 4.79 Å². The third-order valence-corrected chi connectivity index (χ3v) is 3.15. The van der Waals surface area contributed by atoms with Gasteiger partial charge in [-0.1, -0.05) is 11.6 Å². The number of H-pyrrole nitrogens is 1. The van der Waals surface area contributed by atoms with Gasteiger partial charge < -0.3 is 15.5 Å². The molecule has 3 aromatic rings. The average molecular weight is 288 g/mol. The van der Waals surface area contributed by atoms with Crippen molar-refractivity contribution in [3.05, 3.63) is 53.3 Å². The molecule has 0 saturated heterocycles. The van der Waals surface area contributed by atoms with Crippen LogP contribution >= 0.6 is 11.6 Å². The van der Waals surface area contributed by atoms with Gasteiger partial charge >= 0.3 is 0 Å². The monoisotopic (exact) mass is 287 g/mol. The molecule has 0 aliphatic rings. The Hall–Kier alpha value is -2.53. The van der Waals surface area contributed by atoms with Crippen molar-refractivity contribution < 1.29 is 9.53 Å². The van der Waals surface area contributed by atoms with E-state index in [0.29, 0.717) is 22.1 Å². The van der Waals surface area contributed by atoms with Crippen molar-refractivity contribution in [3.8, 4) is 11.5 Å². The van der Waals surface area contributed by atoms with Crippen LogP contribution in [0.1, 0.15) is 10.4 Å². The highest BCUT2D eigenvalue weighted by Crippen LogP contribution is 2.33. The van der Waals surface area contributed by atoms with Crippen molar-refractivity contribution in [2.24, 2.45) is 5.73 Å². The number of rotatable bonds is 3. The zero-order valence-corrected chi connectivity index (χ0v) is 11.0. The summed E-state index contributed by atoms with van der Waals surface area (Å²) in [6.45, 7) is 0. The van der Waals surface area contributed by atoms with E-state index in [-0.39, 0.29) is 0 Å². The van der Waals surface area contributed by atoms with Crippen LogP contribution in [0.4, 0.5) is 0 Å². The smallest absolute Gasteiger partial charge is 0.248 e. The zero-order chi connectivity index (χ0) is 14.1. The maximum Gasteiger partial charge on any atom is 0.248 e. The van der Waals surface area contributed by atoms with Crippen molar-refractivity contribution in [1.29, 1.82) is 0 Å². The van der Waals surface area contributed by atoms with Crippen molar-refractivity contribution in [2.45, 2.75) is 0 Å². The second-order valence-electron chi connectivity index (χ2n) is 4.16.